The molecule has 26 heavy (non-hydrogen) atoms. The van der Waals surface area contributed by atoms with Crippen molar-refractivity contribution in [3.8, 4) is 11.8 Å². The summed E-state index contributed by atoms with van der Waals surface area (Å²) in [7, 11) is 0. The van der Waals surface area contributed by atoms with Crippen molar-refractivity contribution in [3.63, 3.8) is 0 Å². The van der Waals surface area contributed by atoms with Gasteiger partial charge >= 0.3 is 0 Å². The van der Waals surface area contributed by atoms with Gasteiger partial charge in [-0.1, -0.05) is 44.0 Å². The molecule has 3 rings (SSSR count). The molecule has 0 aliphatic heterocycles. The van der Waals surface area contributed by atoms with Gasteiger partial charge in [0.05, 0.1) is 11.6 Å². The third kappa shape index (κ3) is 4.64. The highest BCUT2D eigenvalue weighted by Gasteiger charge is 2.21. The number of nitriles is 1. The molecule has 3 heteroatoms. The first kappa shape index (κ1) is 18.5. The van der Waals surface area contributed by atoms with Gasteiger partial charge in [-0.15, -0.1) is 0 Å². The molecule has 2 aromatic rings. The van der Waals surface area contributed by atoms with Gasteiger partial charge in [0.1, 0.15) is 6.61 Å². The minimum absolute atomic E-state index is 0.183. The van der Waals surface area contributed by atoms with Crippen molar-refractivity contribution in [2.24, 2.45) is 5.92 Å². The highest BCUT2D eigenvalue weighted by molar-refractivity contribution is 5.36. The van der Waals surface area contributed by atoms with E-state index in [1.54, 1.807) is 6.07 Å². The lowest BCUT2D eigenvalue weighted by atomic mass is 9.77. The van der Waals surface area contributed by atoms with Crippen LogP contribution in [0.2, 0.25) is 0 Å². The molecule has 0 unspecified atom stereocenters. The summed E-state index contributed by atoms with van der Waals surface area (Å²) in [6.07, 6.45) is 7.94. The molecule has 0 aromatic heterocycles. The van der Waals surface area contributed by atoms with E-state index in [0.717, 1.165) is 11.5 Å². The first-order chi connectivity index (χ1) is 12.7. The first-order valence-electron chi connectivity index (χ1n) is 9.61. The third-order valence-corrected chi connectivity index (χ3v) is 5.45. The summed E-state index contributed by atoms with van der Waals surface area (Å²) in [5.74, 6) is 1.28. The van der Waals surface area contributed by atoms with E-state index in [1.807, 2.05) is 6.07 Å². The van der Waals surface area contributed by atoms with Gasteiger partial charge < -0.3 is 4.74 Å². The summed E-state index contributed by atoms with van der Waals surface area (Å²) in [4.78, 5) is 0. The molecule has 1 aliphatic rings. The second-order valence-corrected chi connectivity index (χ2v) is 7.29. The molecule has 1 saturated carbocycles. The summed E-state index contributed by atoms with van der Waals surface area (Å²) in [6.45, 7) is 2.60. The Balaban J connectivity index is 1.54. The van der Waals surface area contributed by atoms with E-state index in [4.69, 9.17) is 10.00 Å². The van der Waals surface area contributed by atoms with Gasteiger partial charge in [0.2, 0.25) is 0 Å². The Bertz CT molecular complexity index is 755. The van der Waals surface area contributed by atoms with Crippen LogP contribution in [0.3, 0.4) is 0 Å². The Labute approximate surface area is 155 Å². The van der Waals surface area contributed by atoms with Crippen LogP contribution in [-0.2, 0) is 6.61 Å². The summed E-state index contributed by atoms with van der Waals surface area (Å²) in [6, 6.07) is 14.7. The SMILES string of the molecule is CCC[C@H]1CC[C@H](c2ccc(COc3ccc(C#N)cc3F)cc2)CC1. The number of halogens is 1. The lowest BCUT2D eigenvalue weighted by Crippen LogP contribution is -2.13. The van der Waals surface area contributed by atoms with Gasteiger partial charge in [0.25, 0.3) is 0 Å². The fourth-order valence-electron chi connectivity index (χ4n) is 3.93. The number of benzene rings is 2. The van der Waals surface area contributed by atoms with Crippen LogP contribution in [0.5, 0.6) is 5.75 Å². The molecule has 0 bridgehead atoms. The number of rotatable bonds is 6. The molecule has 0 amide bonds. The summed E-state index contributed by atoms with van der Waals surface area (Å²) >= 11 is 0. The van der Waals surface area contributed by atoms with E-state index in [0.29, 0.717) is 18.1 Å². The normalized spacial score (nSPS) is 19.7. The minimum Gasteiger partial charge on any atom is -0.486 e. The van der Waals surface area contributed by atoms with Crippen LogP contribution in [0, 0.1) is 23.1 Å². The van der Waals surface area contributed by atoms with E-state index in [2.05, 4.69) is 31.2 Å². The van der Waals surface area contributed by atoms with Crippen LogP contribution in [0.1, 0.15) is 68.1 Å². The number of nitrogens with zero attached hydrogens (tertiary/aromatic N) is 1. The fraction of sp³-hybridized carbons (Fsp3) is 0.435. The monoisotopic (exact) mass is 351 g/mol. The second kappa shape index (κ2) is 8.85. The van der Waals surface area contributed by atoms with E-state index < -0.39 is 5.82 Å². The molecule has 0 heterocycles. The Hall–Kier alpha value is -2.34. The third-order valence-electron chi connectivity index (χ3n) is 5.45. The van der Waals surface area contributed by atoms with E-state index in [9.17, 15) is 4.39 Å². The zero-order valence-electron chi connectivity index (χ0n) is 15.4. The van der Waals surface area contributed by atoms with Crippen molar-refractivity contribution in [2.45, 2.75) is 58.0 Å². The maximum atomic E-state index is 13.9. The maximum Gasteiger partial charge on any atom is 0.166 e. The summed E-state index contributed by atoms with van der Waals surface area (Å²) < 4.78 is 19.4. The lowest BCUT2D eigenvalue weighted by Gasteiger charge is -2.28. The highest BCUT2D eigenvalue weighted by atomic mass is 19.1. The lowest BCUT2D eigenvalue weighted by molar-refractivity contribution is 0.290. The van der Waals surface area contributed by atoms with Crippen LogP contribution in [0.4, 0.5) is 4.39 Å². The molecule has 136 valence electrons. The molecule has 1 fully saturated rings. The Kier molecular flexibility index (Phi) is 6.28. The quantitative estimate of drug-likeness (QED) is 0.607. The van der Waals surface area contributed by atoms with Gasteiger partial charge in [-0.05, 0) is 66.8 Å². The molecule has 0 spiro atoms. The van der Waals surface area contributed by atoms with Gasteiger partial charge in [-0.3, -0.25) is 0 Å². The van der Waals surface area contributed by atoms with Crippen molar-refractivity contribution < 1.29 is 9.13 Å². The van der Waals surface area contributed by atoms with Crippen molar-refractivity contribution in [1.29, 1.82) is 5.26 Å². The fourth-order valence-corrected chi connectivity index (χ4v) is 3.93. The molecule has 2 nitrogen and oxygen atoms in total. The van der Waals surface area contributed by atoms with Crippen molar-refractivity contribution in [1.82, 2.24) is 0 Å². The number of hydrogen-bond donors (Lipinski definition) is 0. The molecule has 0 atom stereocenters. The van der Waals surface area contributed by atoms with E-state index in [-0.39, 0.29) is 5.75 Å². The number of ether oxygens (including phenoxy) is 1. The van der Waals surface area contributed by atoms with Crippen LogP contribution >= 0.6 is 0 Å². The molecule has 1 aliphatic carbocycles. The minimum atomic E-state index is -0.496. The molecular formula is C23H26FNO. The second-order valence-electron chi connectivity index (χ2n) is 7.29. The zero-order valence-corrected chi connectivity index (χ0v) is 15.4. The van der Waals surface area contributed by atoms with Crippen LogP contribution in [-0.4, -0.2) is 0 Å². The average Bonchev–Trinajstić information content (AvgIpc) is 2.68. The van der Waals surface area contributed by atoms with Crippen molar-refractivity contribution in [2.75, 3.05) is 0 Å². The Morgan fingerprint density at radius 1 is 1.08 bits per heavy atom. The molecule has 0 radical (unpaired) electrons. The van der Waals surface area contributed by atoms with Gasteiger partial charge in [0, 0.05) is 0 Å². The average molecular weight is 351 g/mol. The molecular weight excluding hydrogens is 325 g/mol. The zero-order chi connectivity index (χ0) is 18.4. The van der Waals surface area contributed by atoms with Crippen molar-refractivity contribution >= 4 is 0 Å². The summed E-state index contributed by atoms with van der Waals surface area (Å²) in [5, 5.41) is 8.78. The van der Waals surface area contributed by atoms with Crippen LogP contribution in [0.25, 0.3) is 0 Å². The largest absolute Gasteiger partial charge is 0.486 e. The van der Waals surface area contributed by atoms with Crippen LogP contribution in [0.15, 0.2) is 42.5 Å². The Morgan fingerprint density at radius 2 is 1.81 bits per heavy atom. The van der Waals surface area contributed by atoms with Gasteiger partial charge in [0.15, 0.2) is 11.6 Å². The summed E-state index contributed by atoms with van der Waals surface area (Å²) in [5.41, 5.74) is 2.73. The standard InChI is InChI=1S/C23H26FNO/c1-2-3-17-4-9-20(10-5-17)21-11-6-18(7-12-21)16-26-23-13-8-19(15-25)14-22(23)24/h6-8,11-14,17,20H,2-5,9-10,16H2,1H3/t17-,20-. The highest BCUT2D eigenvalue weighted by Crippen LogP contribution is 2.37. The first-order valence-corrected chi connectivity index (χ1v) is 9.61. The smallest absolute Gasteiger partial charge is 0.166 e. The molecule has 0 saturated heterocycles. The maximum absolute atomic E-state index is 13.9. The Morgan fingerprint density at radius 3 is 2.42 bits per heavy atom. The molecule has 0 N–H and O–H groups in total. The predicted molar refractivity (Wildman–Crippen MR) is 101 cm³/mol. The van der Waals surface area contributed by atoms with Gasteiger partial charge in [-0.2, -0.15) is 5.26 Å². The topological polar surface area (TPSA) is 33.0 Å². The molecule has 2 aromatic carbocycles. The van der Waals surface area contributed by atoms with Gasteiger partial charge in [-0.25, -0.2) is 4.39 Å². The predicted octanol–water partition coefficient (Wildman–Crippen LogP) is 6.35. The van der Waals surface area contributed by atoms with E-state index in [1.165, 1.54) is 56.2 Å². The van der Waals surface area contributed by atoms with Crippen molar-refractivity contribution in [3.05, 3.63) is 65.0 Å². The van der Waals surface area contributed by atoms with Crippen LogP contribution < -0.4 is 4.74 Å². The van der Waals surface area contributed by atoms with E-state index >= 15 is 0 Å². The number of hydrogen-bond acceptors (Lipinski definition) is 2.